The zero-order valence-corrected chi connectivity index (χ0v) is 65.5. The van der Waals surface area contributed by atoms with E-state index in [9.17, 15) is 43.2 Å². The first-order chi connectivity index (χ1) is 46.7. The molecule has 0 saturated carbocycles. The Balaban J connectivity index is 5.17. The molecule has 17 nitrogen and oxygen atoms in total. The molecule has 0 aromatic heterocycles. The molecule has 0 aliphatic rings. The van der Waals surface area contributed by atoms with Crippen LogP contribution in [0, 0.1) is 23.7 Å². The lowest BCUT2D eigenvalue weighted by atomic mass is 9.99. The summed E-state index contributed by atoms with van der Waals surface area (Å²) in [5.74, 6) is 0.978. The highest BCUT2D eigenvalue weighted by atomic mass is 31.2. The molecular weight excluding hydrogens is 1270 g/mol. The summed E-state index contributed by atoms with van der Waals surface area (Å²) in [6.45, 7) is 14.2. The fourth-order valence-corrected chi connectivity index (χ4v) is 13.4. The molecule has 3 N–H and O–H groups in total. The van der Waals surface area contributed by atoms with Crippen molar-refractivity contribution in [2.24, 2.45) is 23.7 Å². The van der Waals surface area contributed by atoms with Gasteiger partial charge in [0.2, 0.25) is 0 Å². The molecule has 0 heterocycles. The van der Waals surface area contributed by atoms with Gasteiger partial charge in [-0.1, -0.05) is 344 Å². The van der Waals surface area contributed by atoms with E-state index in [1.807, 2.05) is 0 Å². The third-order valence-electron chi connectivity index (χ3n) is 18.8. The Morgan fingerprint density at radius 3 is 0.732 bits per heavy atom. The number of ether oxygens (including phenoxy) is 4. The second-order valence-corrected chi connectivity index (χ2v) is 32.4. The third kappa shape index (κ3) is 69.5. The van der Waals surface area contributed by atoms with Crippen molar-refractivity contribution >= 4 is 39.5 Å². The van der Waals surface area contributed by atoms with Gasteiger partial charge < -0.3 is 33.8 Å². The zero-order chi connectivity index (χ0) is 71.7. The number of phosphoric ester groups is 2. The Hall–Kier alpha value is -1.94. The molecule has 0 aromatic carbocycles. The van der Waals surface area contributed by atoms with E-state index in [1.54, 1.807) is 0 Å². The first-order valence-electron chi connectivity index (χ1n) is 40.3. The van der Waals surface area contributed by atoms with Crippen LogP contribution >= 0.6 is 15.6 Å². The Labute approximate surface area is 594 Å². The maximum absolute atomic E-state index is 13.1. The number of phosphoric acid groups is 2. The molecule has 0 spiro atoms. The van der Waals surface area contributed by atoms with E-state index in [-0.39, 0.29) is 25.7 Å². The first-order valence-corrected chi connectivity index (χ1v) is 43.3. The average molecular weight is 1420 g/mol. The number of hydrogen-bond donors (Lipinski definition) is 3. The van der Waals surface area contributed by atoms with Crippen LogP contribution in [0.2, 0.25) is 0 Å². The molecule has 7 atom stereocenters. The van der Waals surface area contributed by atoms with Crippen LogP contribution in [0.3, 0.4) is 0 Å². The van der Waals surface area contributed by atoms with Crippen LogP contribution < -0.4 is 0 Å². The monoisotopic (exact) mass is 1420 g/mol. The van der Waals surface area contributed by atoms with Crippen molar-refractivity contribution in [3.8, 4) is 0 Å². The van der Waals surface area contributed by atoms with Crippen LogP contribution in [0.15, 0.2) is 0 Å². The van der Waals surface area contributed by atoms with Crippen molar-refractivity contribution in [2.45, 2.75) is 414 Å². The van der Waals surface area contributed by atoms with E-state index in [0.29, 0.717) is 31.6 Å². The van der Waals surface area contributed by atoms with Crippen LogP contribution in [0.25, 0.3) is 0 Å². The molecule has 0 aromatic rings. The standard InChI is InChI=1S/C78H152O17P2/c1-9-70(7)56-48-40-32-24-19-17-15-13-11-12-14-16-18-20-25-34-42-50-58-75(80)88-64-73(95-78(83)61-53-45-36-28-27-33-41-49-57-71(8)10-2)66-92-96(84,85)90-62-72(79)63-91-97(86,87)93-67-74(65-89-76(81)59-51-43-37-29-31-39-47-55-69(5)6)94-77(82)60-52-44-35-26-22-21-23-30-38-46-54-68(3)4/h68-74,79H,9-67H2,1-8H3,(H,84,85)(H,86,87)/t70?,71?,72?,73-,74-/m1/s1. The summed E-state index contributed by atoms with van der Waals surface area (Å²) in [7, 11) is -9.91. The number of esters is 4. The minimum Gasteiger partial charge on any atom is -0.462 e. The molecule has 0 fully saturated rings. The van der Waals surface area contributed by atoms with Crippen LogP contribution in [-0.4, -0.2) is 96.7 Å². The number of aliphatic hydroxyl groups is 1. The highest BCUT2D eigenvalue weighted by Crippen LogP contribution is 2.45. The SMILES string of the molecule is CCC(C)CCCCCCCCCCCCCCCCCCCCC(=O)OC[C@H](COP(=O)(O)OCC(O)COP(=O)(O)OC[C@@H](COC(=O)CCCCCCCCCC(C)C)OC(=O)CCCCCCCCCCCCC(C)C)OC(=O)CCCCCCCCCCC(C)CC. The summed E-state index contributed by atoms with van der Waals surface area (Å²) in [6.07, 6.45) is 52.9. The van der Waals surface area contributed by atoms with E-state index in [1.165, 1.54) is 193 Å². The Bertz CT molecular complexity index is 1910. The van der Waals surface area contributed by atoms with E-state index in [0.717, 1.165) is 114 Å². The van der Waals surface area contributed by atoms with Gasteiger partial charge in [0.1, 0.15) is 19.3 Å². The van der Waals surface area contributed by atoms with Crippen LogP contribution in [0.1, 0.15) is 396 Å². The first kappa shape index (κ1) is 95.1. The van der Waals surface area contributed by atoms with Gasteiger partial charge in [0.25, 0.3) is 0 Å². The van der Waals surface area contributed by atoms with Gasteiger partial charge in [0.15, 0.2) is 12.2 Å². The molecule has 5 unspecified atom stereocenters. The lowest BCUT2D eigenvalue weighted by Crippen LogP contribution is -2.30. The second kappa shape index (κ2) is 67.2. The van der Waals surface area contributed by atoms with Gasteiger partial charge in [0, 0.05) is 25.7 Å². The highest BCUT2D eigenvalue weighted by Gasteiger charge is 2.30. The number of carbonyl (C=O) groups is 4. The van der Waals surface area contributed by atoms with Gasteiger partial charge in [-0.25, -0.2) is 9.13 Å². The van der Waals surface area contributed by atoms with Crippen molar-refractivity contribution in [2.75, 3.05) is 39.6 Å². The largest absolute Gasteiger partial charge is 0.472 e. The van der Waals surface area contributed by atoms with Crippen LogP contribution in [0.4, 0.5) is 0 Å². The van der Waals surface area contributed by atoms with Crippen molar-refractivity contribution in [3.05, 3.63) is 0 Å². The molecule has 0 rings (SSSR count). The number of aliphatic hydroxyl groups excluding tert-OH is 1. The normalized spacial score (nSPS) is 14.6. The van der Waals surface area contributed by atoms with Gasteiger partial charge in [0.05, 0.1) is 26.4 Å². The van der Waals surface area contributed by atoms with Crippen LogP contribution in [0.5, 0.6) is 0 Å². The molecule has 0 bridgehead atoms. The molecule has 0 amide bonds. The lowest BCUT2D eigenvalue weighted by Gasteiger charge is -2.21. The second-order valence-electron chi connectivity index (χ2n) is 29.5. The van der Waals surface area contributed by atoms with Gasteiger partial charge >= 0.3 is 39.5 Å². The number of hydrogen-bond acceptors (Lipinski definition) is 15. The Morgan fingerprint density at radius 1 is 0.289 bits per heavy atom. The predicted octanol–water partition coefficient (Wildman–Crippen LogP) is 22.8. The molecule has 576 valence electrons. The van der Waals surface area contributed by atoms with E-state index >= 15 is 0 Å². The van der Waals surface area contributed by atoms with Crippen molar-refractivity contribution in [1.29, 1.82) is 0 Å². The average Bonchev–Trinajstić information content (AvgIpc) is 1.33. The Morgan fingerprint density at radius 2 is 0.495 bits per heavy atom. The zero-order valence-electron chi connectivity index (χ0n) is 63.7. The van der Waals surface area contributed by atoms with Gasteiger partial charge in [-0.15, -0.1) is 0 Å². The quantitative estimate of drug-likeness (QED) is 0.0222. The lowest BCUT2D eigenvalue weighted by molar-refractivity contribution is -0.161. The topological polar surface area (TPSA) is 237 Å². The molecule has 0 aliphatic carbocycles. The van der Waals surface area contributed by atoms with E-state index < -0.39 is 97.5 Å². The van der Waals surface area contributed by atoms with Gasteiger partial charge in [-0.2, -0.15) is 0 Å². The fraction of sp³-hybridized carbons (Fsp3) is 0.949. The molecule has 0 radical (unpaired) electrons. The van der Waals surface area contributed by atoms with Gasteiger partial charge in [-0.3, -0.25) is 37.3 Å². The molecular formula is C78H152O17P2. The predicted molar refractivity (Wildman–Crippen MR) is 395 cm³/mol. The third-order valence-corrected chi connectivity index (χ3v) is 20.7. The minimum absolute atomic E-state index is 0.105. The van der Waals surface area contributed by atoms with Crippen LogP contribution in [-0.2, 0) is 65.4 Å². The summed E-state index contributed by atoms with van der Waals surface area (Å²) >= 11 is 0. The summed E-state index contributed by atoms with van der Waals surface area (Å²) < 4.78 is 68.5. The molecule has 0 aliphatic heterocycles. The van der Waals surface area contributed by atoms with Gasteiger partial charge in [-0.05, 0) is 49.4 Å². The Kier molecular flexibility index (Phi) is 65.9. The number of rotatable bonds is 75. The summed E-state index contributed by atoms with van der Waals surface area (Å²) in [5.41, 5.74) is 0. The molecule has 19 heteroatoms. The number of carbonyl (C=O) groups excluding carboxylic acids is 4. The summed E-state index contributed by atoms with van der Waals surface area (Å²) in [6, 6.07) is 0. The van der Waals surface area contributed by atoms with Crippen molar-refractivity contribution in [3.63, 3.8) is 0 Å². The smallest absolute Gasteiger partial charge is 0.462 e. The summed E-state index contributed by atoms with van der Waals surface area (Å²) in [4.78, 5) is 72.8. The van der Waals surface area contributed by atoms with Crippen molar-refractivity contribution in [1.82, 2.24) is 0 Å². The number of unbranched alkanes of at least 4 members (excludes halogenated alkanes) is 39. The fourth-order valence-electron chi connectivity index (χ4n) is 11.8. The highest BCUT2D eigenvalue weighted by molar-refractivity contribution is 7.47. The van der Waals surface area contributed by atoms with E-state index in [4.69, 9.17) is 37.0 Å². The maximum Gasteiger partial charge on any atom is 0.472 e. The minimum atomic E-state index is -4.96. The maximum atomic E-state index is 13.1. The van der Waals surface area contributed by atoms with E-state index in [2.05, 4.69) is 55.4 Å². The van der Waals surface area contributed by atoms with Crippen molar-refractivity contribution < 1.29 is 80.2 Å². The molecule has 0 saturated heterocycles. The molecule has 97 heavy (non-hydrogen) atoms. The summed E-state index contributed by atoms with van der Waals surface area (Å²) in [5, 5.41) is 10.6.